The van der Waals surface area contributed by atoms with Crippen molar-refractivity contribution in [3.63, 3.8) is 0 Å². The lowest BCUT2D eigenvalue weighted by molar-refractivity contribution is -0.117. The van der Waals surface area contributed by atoms with Crippen LogP contribution in [0.3, 0.4) is 0 Å². The highest BCUT2D eigenvalue weighted by Crippen LogP contribution is 2.39. The highest BCUT2D eigenvalue weighted by atomic mass is 16.5. The Kier molecular flexibility index (Phi) is 5.84. The van der Waals surface area contributed by atoms with Crippen molar-refractivity contribution in [2.45, 2.75) is 6.42 Å². The zero-order valence-electron chi connectivity index (χ0n) is 14.3. The first-order valence-corrected chi connectivity index (χ1v) is 7.47. The third-order valence-corrected chi connectivity index (χ3v) is 3.54. The Morgan fingerprint density at radius 1 is 0.920 bits per heavy atom. The number of anilines is 1. The van der Waals surface area contributed by atoms with E-state index in [0.29, 0.717) is 22.7 Å². The van der Waals surface area contributed by atoms with Crippen LogP contribution in [0.5, 0.6) is 17.2 Å². The molecule has 0 aromatic heterocycles. The van der Waals surface area contributed by atoms with Crippen molar-refractivity contribution in [2.24, 2.45) is 5.73 Å². The van der Waals surface area contributed by atoms with E-state index in [1.54, 1.807) is 36.4 Å². The largest absolute Gasteiger partial charge is 0.493 e. The van der Waals surface area contributed by atoms with E-state index < -0.39 is 5.91 Å². The lowest BCUT2D eigenvalue weighted by Gasteiger charge is -2.15. The second-order valence-electron chi connectivity index (χ2n) is 5.18. The monoisotopic (exact) mass is 344 g/mol. The lowest BCUT2D eigenvalue weighted by Crippen LogP contribution is -2.15. The number of methoxy groups -OCH3 is 3. The third kappa shape index (κ3) is 4.20. The van der Waals surface area contributed by atoms with Crippen LogP contribution < -0.4 is 25.3 Å². The molecule has 0 fully saturated rings. The molecule has 0 heterocycles. The van der Waals surface area contributed by atoms with Gasteiger partial charge in [-0.15, -0.1) is 0 Å². The molecule has 0 unspecified atom stereocenters. The van der Waals surface area contributed by atoms with Gasteiger partial charge < -0.3 is 25.3 Å². The highest BCUT2D eigenvalue weighted by molar-refractivity contribution is 6.07. The van der Waals surface area contributed by atoms with Gasteiger partial charge in [0.25, 0.3) is 5.91 Å². The Balaban J connectivity index is 2.24. The highest BCUT2D eigenvalue weighted by Gasteiger charge is 2.20. The average Bonchev–Trinajstić information content (AvgIpc) is 2.61. The first kappa shape index (κ1) is 18.1. The molecule has 0 radical (unpaired) electrons. The number of ether oxygens (including phenoxy) is 3. The van der Waals surface area contributed by atoms with Crippen molar-refractivity contribution < 1.29 is 23.8 Å². The predicted molar refractivity (Wildman–Crippen MR) is 93.4 cm³/mol. The van der Waals surface area contributed by atoms with Crippen LogP contribution in [0.25, 0.3) is 0 Å². The van der Waals surface area contributed by atoms with Crippen molar-refractivity contribution >= 4 is 17.5 Å². The summed E-state index contributed by atoms with van der Waals surface area (Å²) in [6.45, 7) is 0. The molecule has 2 aromatic rings. The summed E-state index contributed by atoms with van der Waals surface area (Å²) >= 11 is 0. The first-order valence-electron chi connectivity index (χ1n) is 7.47. The number of primary amides is 1. The maximum Gasteiger partial charge on any atom is 0.259 e. The normalized spacial score (nSPS) is 10.0. The molecule has 0 spiro atoms. The molecule has 7 heteroatoms. The van der Waals surface area contributed by atoms with Gasteiger partial charge in [-0.1, -0.05) is 12.1 Å². The molecule has 25 heavy (non-hydrogen) atoms. The molecular formula is C18H20N2O5. The molecule has 0 saturated carbocycles. The maximum atomic E-state index is 12.6. The van der Waals surface area contributed by atoms with E-state index in [1.807, 2.05) is 0 Å². The van der Waals surface area contributed by atoms with Gasteiger partial charge in [0.2, 0.25) is 11.7 Å². The van der Waals surface area contributed by atoms with Gasteiger partial charge in [-0.25, -0.2) is 0 Å². The zero-order valence-corrected chi connectivity index (χ0v) is 14.3. The smallest absolute Gasteiger partial charge is 0.259 e. The van der Waals surface area contributed by atoms with Crippen molar-refractivity contribution in [1.29, 1.82) is 0 Å². The molecule has 2 amide bonds. The van der Waals surface area contributed by atoms with Gasteiger partial charge in [-0.05, 0) is 29.8 Å². The molecule has 0 bridgehead atoms. The van der Waals surface area contributed by atoms with E-state index in [9.17, 15) is 9.59 Å². The summed E-state index contributed by atoms with van der Waals surface area (Å²) in [4.78, 5) is 23.5. The molecule has 2 aromatic carbocycles. The number of amides is 2. The number of hydrogen-bond donors (Lipinski definition) is 2. The van der Waals surface area contributed by atoms with Gasteiger partial charge in [0, 0.05) is 5.69 Å². The summed E-state index contributed by atoms with van der Waals surface area (Å²) in [5.74, 6) is 0.318. The van der Waals surface area contributed by atoms with Crippen LogP contribution in [-0.2, 0) is 11.2 Å². The van der Waals surface area contributed by atoms with Crippen molar-refractivity contribution in [3.8, 4) is 17.2 Å². The van der Waals surface area contributed by atoms with Crippen LogP contribution in [0, 0.1) is 0 Å². The standard InChI is InChI=1S/C18H20N2O5/c1-23-14-9-8-13(16(24-2)17(14)25-3)18(22)20-12-6-4-11(5-7-12)10-15(19)21/h4-9H,10H2,1-3H3,(H2,19,21)(H,20,22). The first-order chi connectivity index (χ1) is 12.0. The molecule has 0 aliphatic carbocycles. The second kappa shape index (κ2) is 8.05. The van der Waals surface area contributed by atoms with E-state index in [-0.39, 0.29) is 18.1 Å². The second-order valence-corrected chi connectivity index (χ2v) is 5.18. The van der Waals surface area contributed by atoms with Crippen LogP contribution in [0.2, 0.25) is 0 Å². The minimum absolute atomic E-state index is 0.151. The molecular weight excluding hydrogens is 324 g/mol. The number of benzene rings is 2. The minimum Gasteiger partial charge on any atom is -0.493 e. The lowest BCUT2D eigenvalue weighted by atomic mass is 10.1. The van der Waals surface area contributed by atoms with Crippen LogP contribution in [0.1, 0.15) is 15.9 Å². The van der Waals surface area contributed by atoms with Crippen molar-refractivity contribution in [2.75, 3.05) is 26.6 Å². The predicted octanol–water partition coefficient (Wildman–Crippen LogP) is 1.99. The van der Waals surface area contributed by atoms with Gasteiger partial charge in [0.15, 0.2) is 11.5 Å². The van der Waals surface area contributed by atoms with E-state index >= 15 is 0 Å². The average molecular weight is 344 g/mol. The number of rotatable bonds is 7. The maximum absolute atomic E-state index is 12.6. The van der Waals surface area contributed by atoms with Crippen LogP contribution in [0.15, 0.2) is 36.4 Å². The zero-order chi connectivity index (χ0) is 18.4. The van der Waals surface area contributed by atoms with Crippen molar-refractivity contribution in [1.82, 2.24) is 0 Å². The quantitative estimate of drug-likeness (QED) is 0.800. The molecule has 2 rings (SSSR count). The van der Waals surface area contributed by atoms with Gasteiger partial charge in [0.05, 0.1) is 33.3 Å². The molecule has 0 saturated heterocycles. The van der Waals surface area contributed by atoms with E-state index in [0.717, 1.165) is 5.56 Å². The van der Waals surface area contributed by atoms with Crippen LogP contribution in [-0.4, -0.2) is 33.1 Å². The molecule has 0 atom stereocenters. The summed E-state index contributed by atoms with van der Waals surface area (Å²) in [6.07, 6.45) is 0.151. The van der Waals surface area contributed by atoms with Gasteiger partial charge in [0.1, 0.15) is 0 Å². The Hall–Kier alpha value is -3.22. The van der Waals surface area contributed by atoms with Crippen molar-refractivity contribution in [3.05, 3.63) is 47.5 Å². The Morgan fingerprint density at radius 2 is 1.56 bits per heavy atom. The van der Waals surface area contributed by atoms with Gasteiger partial charge in [-0.3, -0.25) is 9.59 Å². The summed E-state index contributed by atoms with van der Waals surface area (Å²) in [5, 5.41) is 2.77. The fourth-order valence-electron chi connectivity index (χ4n) is 2.39. The van der Waals surface area contributed by atoms with Crippen LogP contribution in [0.4, 0.5) is 5.69 Å². The fourth-order valence-corrected chi connectivity index (χ4v) is 2.39. The summed E-state index contributed by atoms with van der Waals surface area (Å²) in [6, 6.07) is 10.1. The molecule has 132 valence electrons. The Morgan fingerprint density at radius 3 is 2.08 bits per heavy atom. The SMILES string of the molecule is COc1ccc(C(=O)Nc2ccc(CC(N)=O)cc2)c(OC)c1OC. The topological polar surface area (TPSA) is 99.9 Å². The Labute approximate surface area is 145 Å². The number of carbonyl (C=O) groups is 2. The molecule has 0 aliphatic rings. The summed E-state index contributed by atoms with van der Waals surface area (Å²) < 4.78 is 15.8. The number of nitrogens with one attached hydrogen (secondary N) is 1. The summed E-state index contributed by atoms with van der Waals surface area (Å²) in [7, 11) is 4.43. The van der Waals surface area contributed by atoms with E-state index in [1.165, 1.54) is 21.3 Å². The number of hydrogen-bond acceptors (Lipinski definition) is 5. The van der Waals surface area contributed by atoms with E-state index in [2.05, 4.69) is 5.32 Å². The Bertz CT molecular complexity index is 772. The number of carbonyl (C=O) groups excluding carboxylic acids is 2. The molecule has 0 aliphatic heterocycles. The third-order valence-electron chi connectivity index (χ3n) is 3.54. The van der Waals surface area contributed by atoms with Crippen LogP contribution >= 0.6 is 0 Å². The van der Waals surface area contributed by atoms with E-state index in [4.69, 9.17) is 19.9 Å². The molecule has 7 nitrogen and oxygen atoms in total. The fraction of sp³-hybridized carbons (Fsp3) is 0.222. The minimum atomic E-state index is -0.410. The van der Waals surface area contributed by atoms with Gasteiger partial charge in [-0.2, -0.15) is 0 Å². The van der Waals surface area contributed by atoms with Gasteiger partial charge >= 0.3 is 0 Å². The summed E-state index contributed by atoms with van der Waals surface area (Å²) in [5.41, 5.74) is 6.82. The molecule has 3 N–H and O–H groups in total. The number of nitrogens with two attached hydrogens (primary N) is 1.